The molecular weight excluding hydrogens is 294 g/mol. The topological polar surface area (TPSA) is 102 Å². The van der Waals surface area contributed by atoms with Gasteiger partial charge in [0.1, 0.15) is 6.07 Å². The molecule has 112 valence electrons. The van der Waals surface area contributed by atoms with Gasteiger partial charge in [0.15, 0.2) is 0 Å². The molecule has 0 aliphatic rings. The highest BCUT2D eigenvalue weighted by Crippen LogP contribution is 2.20. The molecular formula is C14H16ClN3O3. The van der Waals surface area contributed by atoms with Crippen LogP contribution in [0.4, 0.5) is 10.5 Å². The lowest BCUT2D eigenvalue weighted by Gasteiger charge is -2.17. The molecule has 0 bridgehead atoms. The largest absolute Gasteiger partial charge is 0.481 e. The number of hydrogen-bond acceptors (Lipinski definition) is 3. The van der Waals surface area contributed by atoms with E-state index in [9.17, 15) is 9.59 Å². The highest BCUT2D eigenvalue weighted by atomic mass is 35.5. The number of urea groups is 1. The SMILES string of the molecule is CC(C)C(CNC(=O)Nc1ccc(C#N)c(Cl)c1)C(=O)O. The molecule has 1 unspecified atom stereocenters. The van der Waals surface area contributed by atoms with Crippen LogP contribution >= 0.6 is 11.6 Å². The van der Waals surface area contributed by atoms with Gasteiger partial charge < -0.3 is 15.7 Å². The number of halogens is 1. The maximum absolute atomic E-state index is 11.7. The third kappa shape index (κ3) is 4.97. The quantitative estimate of drug-likeness (QED) is 0.778. The van der Waals surface area contributed by atoms with E-state index in [2.05, 4.69) is 10.6 Å². The van der Waals surface area contributed by atoms with Gasteiger partial charge in [0.25, 0.3) is 0 Å². The van der Waals surface area contributed by atoms with Gasteiger partial charge in [0.05, 0.1) is 16.5 Å². The van der Waals surface area contributed by atoms with Crippen molar-refractivity contribution in [2.24, 2.45) is 11.8 Å². The summed E-state index contributed by atoms with van der Waals surface area (Å²) < 4.78 is 0. The van der Waals surface area contributed by atoms with E-state index in [0.717, 1.165) is 0 Å². The molecule has 0 radical (unpaired) electrons. The van der Waals surface area contributed by atoms with Crippen molar-refractivity contribution in [1.82, 2.24) is 5.32 Å². The molecule has 1 aromatic rings. The standard InChI is InChI=1S/C14H16ClN3O3/c1-8(2)11(13(19)20)7-17-14(21)18-10-4-3-9(6-16)12(15)5-10/h3-5,8,11H,7H2,1-2H3,(H,19,20)(H2,17,18,21). The summed E-state index contributed by atoms with van der Waals surface area (Å²) in [6.45, 7) is 3.58. The van der Waals surface area contributed by atoms with Gasteiger partial charge in [-0.1, -0.05) is 25.4 Å². The molecule has 0 saturated carbocycles. The van der Waals surface area contributed by atoms with Gasteiger partial charge in [-0.25, -0.2) is 4.79 Å². The number of carboxylic acids is 1. The summed E-state index contributed by atoms with van der Waals surface area (Å²) in [5, 5.41) is 23.0. The molecule has 0 saturated heterocycles. The Hall–Kier alpha value is -2.26. The summed E-state index contributed by atoms with van der Waals surface area (Å²) in [4.78, 5) is 22.7. The van der Waals surface area contributed by atoms with Crippen molar-refractivity contribution in [1.29, 1.82) is 5.26 Å². The van der Waals surface area contributed by atoms with Gasteiger partial charge >= 0.3 is 12.0 Å². The fourth-order valence-corrected chi connectivity index (χ4v) is 1.89. The third-order valence-corrected chi connectivity index (χ3v) is 3.26. The molecule has 0 aromatic heterocycles. The van der Waals surface area contributed by atoms with Crippen molar-refractivity contribution in [2.45, 2.75) is 13.8 Å². The zero-order valence-corrected chi connectivity index (χ0v) is 12.4. The Morgan fingerprint density at radius 2 is 2.10 bits per heavy atom. The summed E-state index contributed by atoms with van der Waals surface area (Å²) in [6.07, 6.45) is 0. The number of nitrogens with zero attached hydrogens (tertiary/aromatic N) is 1. The Morgan fingerprint density at radius 3 is 2.57 bits per heavy atom. The molecule has 1 atom stereocenters. The number of anilines is 1. The summed E-state index contributed by atoms with van der Waals surface area (Å²) in [6, 6.07) is 5.88. The van der Waals surface area contributed by atoms with Gasteiger partial charge in [-0.3, -0.25) is 4.79 Å². The number of hydrogen-bond donors (Lipinski definition) is 3. The van der Waals surface area contributed by atoms with Crippen LogP contribution in [0.2, 0.25) is 5.02 Å². The molecule has 0 aliphatic carbocycles. The summed E-state index contributed by atoms with van der Waals surface area (Å²) in [5.41, 5.74) is 0.737. The van der Waals surface area contributed by atoms with Crippen LogP contribution < -0.4 is 10.6 Å². The first-order valence-corrected chi connectivity index (χ1v) is 6.70. The first-order valence-electron chi connectivity index (χ1n) is 6.32. The minimum absolute atomic E-state index is 0.0306. The maximum Gasteiger partial charge on any atom is 0.319 e. The molecule has 21 heavy (non-hydrogen) atoms. The predicted molar refractivity (Wildman–Crippen MR) is 79.2 cm³/mol. The number of carbonyl (C=O) groups excluding carboxylic acids is 1. The van der Waals surface area contributed by atoms with Crippen LogP contribution in [0.1, 0.15) is 19.4 Å². The molecule has 3 N–H and O–H groups in total. The Balaban J connectivity index is 2.60. The number of nitrogens with one attached hydrogen (secondary N) is 2. The van der Waals surface area contributed by atoms with Crippen molar-refractivity contribution < 1.29 is 14.7 Å². The first-order chi connectivity index (χ1) is 9.85. The smallest absolute Gasteiger partial charge is 0.319 e. The molecule has 7 heteroatoms. The molecule has 1 aromatic carbocycles. The number of aliphatic carboxylic acids is 1. The number of benzene rings is 1. The van der Waals surface area contributed by atoms with Crippen molar-refractivity contribution in [3.05, 3.63) is 28.8 Å². The number of carboxylic acid groups (broad SMARTS) is 1. The van der Waals surface area contributed by atoms with E-state index in [1.165, 1.54) is 12.1 Å². The molecule has 0 spiro atoms. The van der Waals surface area contributed by atoms with Crippen molar-refractivity contribution >= 4 is 29.3 Å². The van der Waals surface area contributed by atoms with Gasteiger partial charge in [-0.15, -0.1) is 0 Å². The maximum atomic E-state index is 11.7. The van der Waals surface area contributed by atoms with E-state index in [4.69, 9.17) is 22.0 Å². The Labute approximate surface area is 127 Å². The van der Waals surface area contributed by atoms with E-state index in [0.29, 0.717) is 11.3 Å². The van der Waals surface area contributed by atoms with Crippen LogP contribution in [0.25, 0.3) is 0 Å². The van der Waals surface area contributed by atoms with Crippen LogP contribution in [0.5, 0.6) is 0 Å². The second kappa shape index (κ2) is 7.50. The predicted octanol–water partition coefficient (Wildman–Crippen LogP) is 2.69. The number of rotatable bonds is 5. The van der Waals surface area contributed by atoms with Crippen LogP contribution in [0.3, 0.4) is 0 Å². The number of amides is 2. The summed E-state index contributed by atoms with van der Waals surface area (Å²) in [7, 11) is 0. The average molecular weight is 310 g/mol. The van der Waals surface area contributed by atoms with E-state index in [1.54, 1.807) is 19.9 Å². The molecule has 0 aliphatic heterocycles. The fraction of sp³-hybridized carbons (Fsp3) is 0.357. The van der Waals surface area contributed by atoms with E-state index < -0.39 is 17.9 Å². The van der Waals surface area contributed by atoms with Crippen LogP contribution in [-0.2, 0) is 4.79 Å². The Kier molecular flexibility index (Phi) is 6.00. The minimum atomic E-state index is -0.952. The molecule has 2 amide bonds. The fourth-order valence-electron chi connectivity index (χ4n) is 1.67. The second-order valence-corrected chi connectivity index (χ2v) is 5.24. The highest BCUT2D eigenvalue weighted by molar-refractivity contribution is 6.32. The van der Waals surface area contributed by atoms with Gasteiger partial charge in [0.2, 0.25) is 0 Å². The minimum Gasteiger partial charge on any atom is -0.481 e. The zero-order chi connectivity index (χ0) is 16.0. The molecule has 0 fully saturated rings. The normalized spacial score (nSPS) is 11.6. The van der Waals surface area contributed by atoms with Gasteiger partial charge in [-0.05, 0) is 24.1 Å². The number of nitriles is 1. The van der Waals surface area contributed by atoms with Crippen molar-refractivity contribution in [3.8, 4) is 6.07 Å². The first kappa shape index (κ1) is 16.8. The van der Waals surface area contributed by atoms with Crippen LogP contribution in [0, 0.1) is 23.2 Å². The summed E-state index contributed by atoms with van der Waals surface area (Å²) >= 11 is 5.85. The second-order valence-electron chi connectivity index (χ2n) is 4.83. The molecule has 6 nitrogen and oxygen atoms in total. The van der Waals surface area contributed by atoms with E-state index in [1.807, 2.05) is 6.07 Å². The lowest BCUT2D eigenvalue weighted by Crippen LogP contribution is -2.37. The van der Waals surface area contributed by atoms with E-state index in [-0.39, 0.29) is 17.5 Å². The van der Waals surface area contributed by atoms with Gasteiger partial charge in [-0.2, -0.15) is 5.26 Å². The molecule has 0 heterocycles. The zero-order valence-electron chi connectivity index (χ0n) is 11.7. The highest BCUT2D eigenvalue weighted by Gasteiger charge is 2.21. The van der Waals surface area contributed by atoms with E-state index >= 15 is 0 Å². The third-order valence-electron chi connectivity index (χ3n) is 2.95. The average Bonchev–Trinajstić information content (AvgIpc) is 2.38. The van der Waals surface area contributed by atoms with Crippen molar-refractivity contribution in [3.63, 3.8) is 0 Å². The van der Waals surface area contributed by atoms with Crippen LogP contribution in [0.15, 0.2) is 18.2 Å². The lowest BCUT2D eigenvalue weighted by atomic mass is 9.96. The van der Waals surface area contributed by atoms with Gasteiger partial charge in [0, 0.05) is 12.2 Å². The monoisotopic (exact) mass is 309 g/mol. The van der Waals surface area contributed by atoms with Crippen molar-refractivity contribution in [2.75, 3.05) is 11.9 Å². The lowest BCUT2D eigenvalue weighted by molar-refractivity contribution is -0.142. The summed E-state index contributed by atoms with van der Waals surface area (Å²) in [5.74, 6) is -1.70. The Morgan fingerprint density at radius 1 is 1.43 bits per heavy atom. The molecule has 1 rings (SSSR count). The Bertz CT molecular complexity index is 581. The van der Waals surface area contributed by atoms with Crippen LogP contribution in [-0.4, -0.2) is 23.7 Å². The number of carbonyl (C=O) groups is 2.